The summed E-state index contributed by atoms with van der Waals surface area (Å²) in [5, 5.41) is 13.6. The van der Waals surface area contributed by atoms with E-state index in [-0.39, 0.29) is 17.5 Å². The third-order valence-electron chi connectivity index (χ3n) is 4.49. The number of benzene rings is 2. The van der Waals surface area contributed by atoms with Gasteiger partial charge in [0.25, 0.3) is 17.8 Å². The van der Waals surface area contributed by atoms with Crippen molar-refractivity contribution in [1.29, 1.82) is 5.41 Å². The number of halogens is 1. The van der Waals surface area contributed by atoms with E-state index in [0.29, 0.717) is 29.4 Å². The molecule has 3 N–H and O–H groups in total. The first-order valence-electron chi connectivity index (χ1n) is 9.29. The molecule has 2 amide bonds. The van der Waals surface area contributed by atoms with Crippen molar-refractivity contribution < 1.29 is 14.3 Å². The zero-order valence-corrected chi connectivity index (χ0v) is 16.9. The minimum atomic E-state index is -0.524. The first-order chi connectivity index (χ1) is 15.0. The molecule has 2 heterocycles. The lowest BCUT2D eigenvalue weighted by Gasteiger charge is -2.15. The van der Waals surface area contributed by atoms with Gasteiger partial charge in [0.05, 0.1) is 6.54 Å². The van der Waals surface area contributed by atoms with Gasteiger partial charge >= 0.3 is 0 Å². The lowest BCUT2D eigenvalue weighted by atomic mass is 10.2. The van der Waals surface area contributed by atoms with Crippen molar-refractivity contribution in [2.24, 2.45) is 0 Å². The lowest BCUT2D eigenvalue weighted by Crippen LogP contribution is -2.24. The number of hydrogen-bond acceptors (Lipinski definition) is 6. The van der Waals surface area contributed by atoms with Crippen LogP contribution in [0.4, 0.5) is 17.2 Å². The number of carbonyl (C=O) groups is 2. The minimum Gasteiger partial charge on any atom is -0.463 e. The van der Waals surface area contributed by atoms with Gasteiger partial charge in [0.2, 0.25) is 0 Å². The van der Waals surface area contributed by atoms with Crippen LogP contribution in [0.3, 0.4) is 0 Å². The standard InChI is InChI=1S/C21H17ClN6O3/c22-14-3-1-13(2-4-14)19(29)27-18-17(24-9-10-25-18)20(30)26-15-5-7-16(8-6-15)28-11-12-31-21(28)23/h1-10,23H,11-12H2,(H,26,30)(H,25,27,29). The van der Waals surface area contributed by atoms with Crippen molar-refractivity contribution in [2.45, 2.75) is 0 Å². The Morgan fingerprint density at radius 1 is 0.968 bits per heavy atom. The summed E-state index contributed by atoms with van der Waals surface area (Å²) in [5.41, 5.74) is 1.66. The van der Waals surface area contributed by atoms with E-state index in [4.69, 9.17) is 21.7 Å². The molecule has 156 valence electrons. The first-order valence-corrected chi connectivity index (χ1v) is 9.67. The fraction of sp³-hybridized carbons (Fsp3) is 0.0952. The Kier molecular flexibility index (Phi) is 5.76. The first kappa shape index (κ1) is 20.3. The molecule has 9 nitrogen and oxygen atoms in total. The summed E-state index contributed by atoms with van der Waals surface area (Å²) in [6.07, 6.45) is 2.76. The summed E-state index contributed by atoms with van der Waals surface area (Å²) in [6, 6.07) is 13.4. The third kappa shape index (κ3) is 4.62. The van der Waals surface area contributed by atoms with Crippen LogP contribution in [0.5, 0.6) is 0 Å². The largest absolute Gasteiger partial charge is 0.463 e. The lowest BCUT2D eigenvalue weighted by molar-refractivity contribution is 0.102. The Bertz CT molecular complexity index is 1130. The van der Waals surface area contributed by atoms with Gasteiger partial charge in [-0.05, 0) is 48.5 Å². The average Bonchev–Trinajstić information content (AvgIpc) is 3.21. The zero-order valence-electron chi connectivity index (χ0n) is 16.1. The number of anilines is 3. The number of ether oxygens (including phenoxy) is 1. The Balaban J connectivity index is 1.47. The summed E-state index contributed by atoms with van der Waals surface area (Å²) < 4.78 is 5.14. The second kappa shape index (κ2) is 8.80. The molecule has 1 aromatic heterocycles. The highest BCUT2D eigenvalue weighted by Crippen LogP contribution is 2.21. The highest BCUT2D eigenvalue weighted by Gasteiger charge is 2.21. The van der Waals surface area contributed by atoms with Crippen molar-refractivity contribution in [3.05, 3.63) is 77.2 Å². The van der Waals surface area contributed by atoms with Gasteiger partial charge in [-0.1, -0.05) is 11.6 Å². The quantitative estimate of drug-likeness (QED) is 0.563. The van der Waals surface area contributed by atoms with Crippen molar-refractivity contribution >= 4 is 46.6 Å². The van der Waals surface area contributed by atoms with E-state index in [0.717, 1.165) is 5.69 Å². The Hall–Kier alpha value is -3.98. The van der Waals surface area contributed by atoms with Crippen LogP contribution in [-0.2, 0) is 4.74 Å². The number of amides is 2. The van der Waals surface area contributed by atoms with E-state index < -0.39 is 11.8 Å². The molecule has 0 radical (unpaired) electrons. The fourth-order valence-electron chi connectivity index (χ4n) is 2.95. The molecule has 1 fully saturated rings. The number of nitrogens with zero attached hydrogens (tertiary/aromatic N) is 3. The normalized spacial score (nSPS) is 12.9. The van der Waals surface area contributed by atoms with E-state index in [1.807, 2.05) is 0 Å². The van der Waals surface area contributed by atoms with Gasteiger partial charge in [-0.25, -0.2) is 9.97 Å². The molecular weight excluding hydrogens is 420 g/mol. The predicted molar refractivity (Wildman–Crippen MR) is 117 cm³/mol. The van der Waals surface area contributed by atoms with Crippen LogP contribution in [0.2, 0.25) is 5.02 Å². The number of rotatable bonds is 5. The number of hydrogen-bond donors (Lipinski definition) is 3. The fourth-order valence-corrected chi connectivity index (χ4v) is 3.08. The molecule has 1 saturated heterocycles. The summed E-state index contributed by atoms with van der Waals surface area (Å²) in [7, 11) is 0. The van der Waals surface area contributed by atoms with Crippen LogP contribution < -0.4 is 15.5 Å². The van der Waals surface area contributed by atoms with Crippen LogP contribution in [0.1, 0.15) is 20.8 Å². The van der Waals surface area contributed by atoms with Gasteiger partial charge < -0.3 is 15.4 Å². The SMILES string of the molecule is N=C1OCCN1c1ccc(NC(=O)c2nccnc2NC(=O)c2ccc(Cl)cc2)cc1. The number of carbonyl (C=O) groups excluding carboxylic acids is 2. The van der Waals surface area contributed by atoms with Crippen LogP contribution in [-0.4, -0.2) is 41.0 Å². The van der Waals surface area contributed by atoms with Crippen LogP contribution >= 0.6 is 11.6 Å². The monoisotopic (exact) mass is 436 g/mol. The molecule has 1 aliphatic heterocycles. The van der Waals surface area contributed by atoms with Crippen molar-refractivity contribution in [2.75, 3.05) is 28.7 Å². The summed E-state index contributed by atoms with van der Waals surface area (Å²) in [4.78, 5) is 35.1. The molecule has 4 rings (SSSR count). The van der Waals surface area contributed by atoms with Gasteiger partial charge in [0.15, 0.2) is 11.5 Å². The molecule has 0 unspecified atom stereocenters. The smallest absolute Gasteiger partial charge is 0.289 e. The molecule has 2 aromatic carbocycles. The second-order valence-corrected chi connectivity index (χ2v) is 6.96. The van der Waals surface area contributed by atoms with Crippen LogP contribution in [0, 0.1) is 5.41 Å². The van der Waals surface area contributed by atoms with Gasteiger partial charge in [-0.15, -0.1) is 0 Å². The third-order valence-corrected chi connectivity index (χ3v) is 4.74. The molecule has 0 atom stereocenters. The number of nitrogens with one attached hydrogen (secondary N) is 3. The Labute approximate surface area is 182 Å². The van der Waals surface area contributed by atoms with E-state index in [2.05, 4.69) is 20.6 Å². The maximum absolute atomic E-state index is 12.7. The minimum absolute atomic E-state index is 0.0244. The van der Waals surface area contributed by atoms with Gasteiger partial charge in [-0.3, -0.25) is 19.9 Å². The summed E-state index contributed by atoms with van der Waals surface area (Å²) in [6.45, 7) is 1.06. The van der Waals surface area contributed by atoms with E-state index >= 15 is 0 Å². The van der Waals surface area contributed by atoms with Crippen LogP contribution in [0.15, 0.2) is 60.9 Å². The van der Waals surface area contributed by atoms with E-state index in [9.17, 15) is 9.59 Å². The molecule has 0 aliphatic carbocycles. The van der Waals surface area contributed by atoms with Gasteiger partial charge in [0, 0.05) is 34.4 Å². The van der Waals surface area contributed by atoms with Crippen LogP contribution in [0.25, 0.3) is 0 Å². The van der Waals surface area contributed by atoms with E-state index in [1.54, 1.807) is 53.4 Å². The summed E-state index contributed by atoms with van der Waals surface area (Å²) >= 11 is 5.85. The highest BCUT2D eigenvalue weighted by molar-refractivity contribution is 6.30. The van der Waals surface area contributed by atoms with E-state index in [1.165, 1.54) is 12.4 Å². The molecule has 0 bridgehead atoms. The Morgan fingerprint density at radius 3 is 2.35 bits per heavy atom. The molecule has 1 aliphatic rings. The maximum Gasteiger partial charge on any atom is 0.289 e. The number of amidine groups is 1. The highest BCUT2D eigenvalue weighted by atomic mass is 35.5. The molecule has 0 saturated carbocycles. The van der Waals surface area contributed by atoms with Crippen molar-refractivity contribution in [1.82, 2.24) is 9.97 Å². The van der Waals surface area contributed by atoms with Crippen molar-refractivity contribution in [3.63, 3.8) is 0 Å². The molecule has 31 heavy (non-hydrogen) atoms. The number of aromatic nitrogens is 2. The topological polar surface area (TPSA) is 120 Å². The molecule has 3 aromatic rings. The van der Waals surface area contributed by atoms with Crippen molar-refractivity contribution in [3.8, 4) is 0 Å². The zero-order chi connectivity index (χ0) is 21.8. The average molecular weight is 437 g/mol. The van der Waals surface area contributed by atoms with Gasteiger partial charge in [-0.2, -0.15) is 0 Å². The van der Waals surface area contributed by atoms with Gasteiger partial charge in [0.1, 0.15) is 6.61 Å². The summed E-state index contributed by atoms with van der Waals surface area (Å²) in [5.74, 6) is -0.922. The predicted octanol–water partition coefficient (Wildman–Crippen LogP) is 3.41. The molecule has 10 heteroatoms. The molecular formula is C21H17ClN6O3. The second-order valence-electron chi connectivity index (χ2n) is 6.52. The molecule has 0 spiro atoms. The Morgan fingerprint density at radius 2 is 1.68 bits per heavy atom. The maximum atomic E-state index is 12.7.